The number of halogens is 5. The highest BCUT2D eigenvalue weighted by molar-refractivity contribution is 5.71. The molecule has 0 amide bonds. The van der Waals surface area contributed by atoms with Crippen molar-refractivity contribution in [2.75, 3.05) is 0 Å². The zero-order valence-electron chi connectivity index (χ0n) is 9.00. The summed E-state index contributed by atoms with van der Waals surface area (Å²) >= 11 is 0. The summed E-state index contributed by atoms with van der Waals surface area (Å²) in [4.78, 5) is 13.6. The van der Waals surface area contributed by atoms with Gasteiger partial charge in [0, 0.05) is 6.20 Å². The predicted octanol–water partition coefficient (Wildman–Crippen LogP) is 2.54. The van der Waals surface area contributed by atoms with Gasteiger partial charge in [-0.1, -0.05) is 0 Å². The Morgan fingerprint density at radius 3 is 2.42 bits per heavy atom. The Balaban J connectivity index is 3.58. The van der Waals surface area contributed by atoms with Gasteiger partial charge in [-0.05, 0) is 0 Å². The van der Waals surface area contributed by atoms with E-state index in [9.17, 15) is 26.7 Å². The molecule has 0 unspecified atom stereocenters. The van der Waals surface area contributed by atoms with Crippen molar-refractivity contribution in [3.63, 3.8) is 0 Å². The van der Waals surface area contributed by atoms with Crippen LogP contribution in [0.4, 0.5) is 22.0 Å². The maximum atomic E-state index is 12.7. The van der Waals surface area contributed by atoms with Crippen LogP contribution in [0.25, 0.3) is 0 Å². The SMILES string of the molecule is N#Cc1c(CC(=O)O)ncc(C(F)(F)F)c1C(F)F. The van der Waals surface area contributed by atoms with E-state index in [4.69, 9.17) is 10.4 Å². The molecule has 9 heteroatoms. The quantitative estimate of drug-likeness (QED) is 0.863. The Labute approximate surface area is 103 Å². The van der Waals surface area contributed by atoms with Gasteiger partial charge in [0.2, 0.25) is 0 Å². The number of aromatic nitrogens is 1. The smallest absolute Gasteiger partial charge is 0.418 e. The molecule has 19 heavy (non-hydrogen) atoms. The highest BCUT2D eigenvalue weighted by Crippen LogP contribution is 2.38. The van der Waals surface area contributed by atoms with E-state index in [1.165, 1.54) is 0 Å². The van der Waals surface area contributed by atoms with Crippen LogP contribution in [0.3, 0.4) is 0 Å². The fourth-order valence-corrected chi connectivity index (χ4v) is 1.42. The molecule has 1 aromatic heterocycles. The molecular formula is C10H5F5N2O2. The van der Waals surface area contributed by atoms with Gasteiger partial charge in [0.25, 0.3) is 6.43 Å². The van der Waals surface area contributed by atoms with Crippen LogP contribution in [0.2, 0.25) is 0 Å². The summed E-state index contributed by atoms with van der Waals surface area (Å²) in [6.07, 6.45) is -9.48. The number of carbonyl (C=O) groups is 1. The van der Waals surface area contributed by atoms with E-state index in [1.54, 1.807) is 0 Å². The summed E-state index contributed by atoms with van der Waals surface area (Å²) in [5, 5.41) is 17.2. The molecule has 0 saturated heterocycles. The van der Waals surface area contributed by atoms with Crippen molar-refractivity contribution in [1.82, 2.24) is 4.98 Å². The molecular weight excluding hydrogens is 275 g/mol. The van der Waals surface area contributed by atoms with Crippen molar-refractivity contribution in [1.29, 1.82) is 5.26 Å². The molecule has 1 N–H and O–H groups in total. The lowest BCUT2D eigenvalue weighted by Crippen LogP contribution is -2.15. The number of aliphatic carboxylic acids is 1. The summed E-state index contributed by atoms with van der Waals surface area (Å²) in [6.45, 7) is 0. The molecule has 0 atom stereocenters. The molecule has 0 aromatic carbocycles. The molecule has 1 heterocycles. The van der Waals surface area contributed by atoms with Gasteiger partial charge in [-0.15, -0.1) is 0 Å². The maximum Gasteiger partial charge on any atom is 0.418 e. The lowest BCUT2D eigenvalue weighted by molar-refractivity contribution is -0.139. The number of pyridine rings is 1. The fourth-order valence-electron chi connectivity index (χ4n) is 1.42. The number of nitrogens with zero attached hydrogens (tertiary/aromatic N) is 2. The molecule has 0 saturated carbocycles. The molecule has 0 aliphatic heterocycles. The monoisotopic (exact) mass is 280 g/mol. The average Bonchev–Trinajstić information content (AvgIpc) is 2.25. The van der Waals surface area contributed by atoms with Gasteiger partial charge in [-0.25, -0.2) is 8.78 Å². The predicted molar refractivity (Wildman–Crippen MR) is 50.3 cm³/mol. The summed E-state index contributed by atoms with van der Waals surface area (Å²) in [6, 6.07) is 1.16. The first-order valence-electron chi connectivity index (χ1n) is 4.67. The Morgan fingerprint density at radius 2 is 2.05 bits per heavy atom. The molecule has 4 nitrogen and oxygen atoms in total. The van der Waals surface area contributed by atoms with Gasteiger partial charge in [0.15, 0.2) is 0 Å². The van der Waals surface area contributed by atoms with Crippen LogP contribution >= 0.6 is 0 Å². The van der Waals surface area contributed by atoms with Crippen LogP contribution in [0.5, 0.6) is 0 Å². The van der Waals surface area contributed by atoms with Crippen molar-refractivity contribution in [2.24, 2.45) is 0 Å². The Kier molecular flexibility index (Phi) is 4.04. The van der Waals surface area contributed by atoms with Crippen LogP contribution in [0, 0.1) is 11.3 Å². The van der Waals surface area contributed by atoms with E-state index < -0.39 is 47.4 Å². The fraction of sp³-hybridized carbons (Fsp3) is 0.300. The lowest BCUT2D eigenvalue weighted by atomic mass is 10.0. The lowest BCUT2D eigenvalue weighted by Gasteiger charge is -2.14. The summed E-state index contributed by atoms with van der Waals surface area (Å²) < 4.78 is 63.0. The van der Waals surface area contributed by atoms with Crippen molar-refractivity contribution < 1.29 is 31.9 Å². The number of alkyl halides is 5. The first-order chi connectivity index (χ1) is 8.68. The van der Waals surface area contributed by atoms with Crippen LogP contribution < -0.4 is 0 Å². The Morgan fingerprint density at radius 1 is 1.47 bits per heavy atom. The first kappa shape index (κ1) is 14.8. The molecule has 1 aromatic rings. The number of carboxylic acid groups (broad SMARTS) is 1. The third-order valence-corrected chi connectivity index (χ3v) is 2.15. The van der Waals surface area contributed by atoms with E-state index in [2.05, 4.69) is 4.98 Å². The average molecular weight is 280 g/mol. The Hall–Kier alpha value is -2.24. The van der Waals surface area contributed by atoms with E-state index in [-0.39, 0.29) is 6.20 Å². The number of hydrogen-bond donors (Lipinski definition) is 1. The van der Waals surface area contributed by atoms with Gasteiger partial charge in [0.1, 0.15) is 6.07 Å². The van der Waals surface area contributed by atoms with E-state index >= 15 is 0 Å². The van der Waals surface area contributed by atoms with Crippen molar-refractivity contribution in [3.05, 3.63) is 28.6 Å². The minimum absolute atomic E-state index is 0.112. The summed E-state index contributed by atoms with van der Waals surface area (Å²) in [7, 11) is 0. The maximum absolute atomic E-state index is 12.7. The third-order valence-electron chi connectivity index (χ3n) is 2.15. The topological polar surface area (TPSA) is 74.0 Å². The molecule has 0 radical (unpaired) electrons. The largest absolute Gasteiger partial charge is 0.481 e. The number of carboxylic acids is 1. The minimum Gasteiger partial charge on any atom is -0.481 e. The molecule has 0 spiro atoms. The Bertz CT molecular complexity index is 548. The molecule has 1 rings (SSSR count). The third kappa shape index (κ3) is 3.15. The van der Waals surface area contributed by atoms with Crippen molar-refractivity contribution in [3.8, 4) is 6.07 Å². The number of nitriles is 1. The molecule has 0 aliphatic rings. The zero-order chi connectivity index (χ0) is 14.8. The van der Waals surface area contributed by atoms with Crippen molar-refractivity contribution in [2.45, 2.75) is 19.0 Å². The van der Waals surface area contributed by atoms with Gasteiger partial charge >= 0.3 is 12.1 Å². The molecule has 0 bridgehead atoms. The van der Waals surface area contributed by atoms with Gasteiger partial charge in [-0.3, -0.25) is 9.78 Å². The second-order valence-electron chi connectivity index (χ2n) is 3.39. The first-order valence-corrected chi connectivity index (χ1v) is 4.67. The highest BCUT2D eigenvalue weighted by atomic mass is 19.4. The van der Waals surface area contributed by atoms with E-state index in [0.29, 0.717) is 0 Å². The van der Waals surface area contributed by atoms with Crippen LogP contribution in [0.15, 0.2) is 6.20 Å². The van der Waals surface area contributed by atoms with Crippen LogP contribution in [-0.2, 0) is 17.4 Å². The second kappa shape index (κ2) is 5.17. The normalized spacial score (nSPS) is 11.4. The molecule has 102 valence electrons. The van der Waals surface area contributed by atoms with Gasteiger partial charge in [0.05, 0.1) is 28.8 Å². The summed E-state index contributed by atoms with van der Waals surface area (Å²) in [5.41, 5.74) is -4.96. The zero-order valence-corrected chi connectivity index (χ0v) is 9.00. The van der Waals surface area contributed by atoms with E-state index in [1.807, 2.05) is 0 Å². The molecule has 0 aliphatic carbocycles. The second-order valence-corrected chi connectivity index (χ2v) is 3.39. The summed E-state index contributed by atoms with van der Waals surface area (Å²) in [5.74, 6) is -1.50. The highest BCUT2D eigenvalue weighted by Gasteiger charge is 2.38. The van der Waals surface area contributed by atoms with Crippen molar-refractivity contribution >= 4 is 5.97 Å². The van der Waals surface area contributed by atoms with E-state index in [0.717, 1.165) is 6.07 Å². The standard InChI is InChI=1S/C10H5F5N2O2/c11-9(12)8-4(2-16)6(1-7(18)19)17-3-5(8)10(13,14)15/h3,9H,1H2,(H,18,19). The van der Waals surface area contributed by atoms with Gasteiger partial charge in [-0.2, -0.15) is 18.4 Å². The number of rotatable bonds is 3. The van der Waals surface area contributed by atoms with Crippen LogP contribution in [0.1, 0.15) is 28.8 Å². The minimum atomic E-state index is -5.11. The van der Waals surface area contributed by atoms with Gasteiger partial charge < -0.3 is 5.11 Å². The number of hydrogen-bond acceptors (Lipinski definition) is 3. The molecule has 0 fully saturated rings. The van der Waals surface area contributed by atoms with Crippen LogP contribution in [-0.4, -0.2) is 16.1 Å².